The summed E-state index contributed by atoms with van der Waals surface area (Å²) in [7, 11) is 0.530. The number of carbonyl (C=O) groups is 1. The zero-order chi connectivity index (χ0) is 15.8. The van der Waals surface area contributed by atoms with Crippen LogP contribution in [0.3, 0.4) is 0 Å². The van der Waals surface area contributed by atoms with Gasteiger partial charge in [-0.25, -0.2) is 8.42 Å². The van der Waals surface area contributed by atoms with Gasteiger partial charge in [-0.1, -0.05) is 0 Å². The molecule has 1 atom stereocenters. The van der Waals surface area contributed by atoms with E-state index in [1.807, 2.05) is 20.9 Å². The van der Waals surface area contributed by atoms with Crippen LogP contribution in [0.25, 0.3) is 6.08 Å². The molecule has 116 valence electrons. The SMILES string of the molecule is Cc1nn(C)c(C)c1/C=C\C(=O)N(C)[C@@H]1CCS(=O)(=O)C1. The lowest BCUT2D eigenvalue weighted by atomic mass is 10.1. The maximum absolute atomic E-state index is 12.2. The number of rotatable bonds is 3. The van der Waals surface area contributed by atoms with Gasteiger partial charge in [0.1, 0.15) is 0 Å². The van der Waals surface area contributed by atoms with Crippen LogP contribution in [-0.2, 0) is 21.7 Å². The Labute approximate surface area is 125 Å². The monoisotopic (exact) mass is 311 g/mol. The molecule has 0 bridgehead atoms. The maximum atomic E-state index is 12.2. The largest absolute Gasteiger partial charge is 0.338 e. The highest BCUT2D eigenvalue weighted by atomic mass is 32.2. The Kier molecular flexibility index (Phi) is 4.22. The van der Waals surface area contributed by atoms with Gasteiger partial charge in [0.25, 0.3) is 0 Å². The molecule has 0 aromatic carbocycles. The van der Waals surface area contributed by atoms with Crippen molar-refractivity contribution in [2.45, 2.75) is 26.3 Å². The standard InChI is InChI=1S/C14H21N3O3S/c1-10-13(11(2)17(4)15-10)5-6-14(18)16(3)12-7-8-21(19,20)9-12/h5-6,12H,7-9H2,1-4H3/b6-5-/t12-/m1/s1. The van der Waals surface area contributed by atoms with Crippen molar-refractivity contribution in [1.29, 1.82) is 0 Å². The fourth-order valence-electron chi connectivity index (χ4n) is 2.56. The molecule has 2 heterocycles. The minimum atomic E-state index is -2.98. The van der Waals surface area contributed by atoms with Crippen LogP contribution < -0.4 is 0 Å². The van der Waals surface area contributed by atoms with E-state index in [2.05, 4.69) is 5.10 Å². The van der Waals surface area contributed by atoms with Crippen LogP contribution in [0.2, 0.25) is 0 Å². The first-order chi connectivity index (χ1) is 9.71. The van der Waals surface area contributed by atoms with Crippen LogP contribution in [-0.4, -0.2) is 53.6 Å². The molecular formula is C14H21N3O3S. The minimum absolute atomic E-state index is 0.0635. The van der Waals surface area contributed by atoms with E-state index < -0.39 is 9.84 Å². The highest BCUT2D eigenvalue weighted by molar-refractivity contribution is 7.91. The van der Waals surface area contributed by atoms with Gasteiger partial charge in [0.2, 0.25) is 5.91 Å². The van der Waals surface area contributed by atoms with E-state index in [-0.39, 0.29) is 23.5 Å². The van der Waals surface area contributed by atoms with E-state index in [9.17, 15) is 13.2 Å². The lowest BCUT2D eigenvalue weighted by Gasteiger charge is -2.21. The predicted molar refractivity (Wildman–Crippen MR) is 81.5 cm³/mol. The van der Waals surface area contributed by atoms with Crippen LogP contribution in [0.15, 0.2) is 6.08 Å². The molecule has 7 heteroatoms. The van der Waals surface area contributed by atoms with Crippen molar-refractivity contribution in [1.82, 2.24) is 14.7 Å². The molecule has 1 aliphatic heterocycles. The van der Waals surface area contributed by atoms with Gasteiger partial charge in [0, 0.05) is 37.5 Å². The summed E-state index contributed by atoms with van der Waals surface area (Å²) in [6, 6.07) is -0.219. The van der Waals surface area contributed by atoms with Gasteiger partial charge in [-0.15, -0.1) is 0 Å². The van der Waals surface area contributed by atoms with Crippen molar-refractivity contribution in [2.75, 3.05) is 18.6 Å². The second kappa shape index (κ2) is 5.63. The third-order valence-electron chi connectivity index (χ3n) is 4.06. The van der Waals surface area contributed by atoms with Gasteiger partial charge >= 0.3 is 0 Å². The molecule has 21 heavy (non-hydrogen) atoms. The average Bonchev–Trinajstić information content (AvgIpc) is 2.87. The van der Waals surface area contributed by atoms with Crippen LogP contribution >= 0.6 is 0 Å². The van der Waals surface area contributed by atoms with Crippen molar-refractivity contribution in [3.63, 3.8) is 0 Å². The van der Waals surface area contributed by atoms with E-state index in [1.54, 1.807) is 17.8 Å². The van der Waals surface area contributed by atoms with Crippen LogP contribution in [0.1, 0.15) is 23.4 Å². The quantitative estimate of drug-likeness (QED) is 0.770. The Bertz CT molecular complexity index is 689. The molecule has 2 rings (SSSR count). The molecule has 1 aromatic heterocycles. The number of carbonyl (C=O) groups excluding carboxylic acids is 1. The summed E-state index contributed by atoms with van der Waals surface area (Å²) in [6.45, 7) is 3.84. The molecule has 1 aromatic rings. The molecule has 6 nitrogen and oxygen atoms in total. The number of amides is 1. The predicted octanol–water partition coefficient (Wildman–Crippen LogP) is 0.696. The molecule has 0 aliphatic carbocycles. The fraction of sp³-hybridized carbons (Fsp3) is 0.571. The number of aromatic nitrogens is 2. The van der Waals surface area contributed by atoms with Crippen LogP contribution in [0, 0.1) is 13.8 Å². The first kappa shape index (κ1) is 15.8. The van der Waals surface area contributed by atoms with E-state index in [4.69, 9.17) is 0 Å². The Morgan fingerprint density at radius 1 is 1.43 bits per heavy atom. The summed E-state index contributed by atoms with van der Waals surface area (Å²) in [6.07, 6.45) is 3.76. The third-order valence-corrected chi connectivity index (χ3v) is 5.81. The van der Waals surface area contributed by atoms with Gasteiger partial charge in [-0.05, 0) is 26.3 Å². The number of aryl methyl sites for hydroxylation is 2. The van der Waals surface area contributed by atoms with E-state index >= 15 is 0 Å². The summed E-state index contributed by atoms with van der Waals surface area (Å²) in [5, 5.41) is 4.29. The topological polar surface area (TPSA) is 72.3 Å². The zero-order valence-electron chi connectivity index (χ0n) is 12.8. The number of sulfone groups is 1. The fourth-order valence-corrected chi connectivity index (χ4v) is 4.34. The molecule has 0 spiro atoms. The molecule has 0 unspecified atom stereocenters. The first-order valence-electron chi connectivity index (χ1n) is 6.87. The lowest BCUT2D eigenvalue weighted by Crippen LogP contribution is -2.36. The van der Waals surface area contributed by atoms with Gasteiger partial charge in [-0.2, -0.15) is 5.10 Å². The lowest BCUT2D eigenvalue weighted by molar-refractivity contribution is -0.126. The third kappa shape index (κ3) is 3.34. The molecule has 0 N–H and O–H groups in total. The highest BCUT2D eigenvalue weighted by Crippen LogP contribution is 2.18. The van der Waals surface area contributed by atoms with Crippen LogP contribution in [0.5, 0.6) is 0 Å². The molecule has 0 radical (unpaired) electrons. The van der Waals surface area contributed by atoms with E-state index in [0.717, 1.165) is 17.0 Å². The summed E-state index contributed by atoms with van der Waals surface area (Å²) in [5.41, 5.74) is 2.78. The zero-order valence-corrected chi connectivity index (χ0v) is 13.6. The van der Waals surface area contributed by atoms with Crippen LogP contribution in [0.4, 0.5) is 0 Å². The average molecular weight is 311 g/mol. The first-order valence-corrected chi connectivity index (χ1v) is 8.69. The Balaban J connectivity index is 2.09. The summed E-state index contributed by atoms with van der Waals surface area (Å²) >= 11 is 0. The highest BCUT2D eigenvalue weighted by Gasteiger charge is 2.32. The number of hydrogen-bond donors (Lipinski definition) is 0. The minimum Gasteiger partial charge on any atom is -0.338 e. The van der Waals surface area contributed by atoms with Crippen molar-refractivity contribution in [3.8, 4) is 0 Å². The second-order valence-electron chi connectivity index (χ2n) is 5.55. The van der Waals surface area contributed by atoms with Gasteiger partial charge < -0.3 is 4.90 Å². The van der Waals surface area contributed by atoms with Gasteiger partial charge in [0.15, 0.2) is 9.84 Å². The molecule has 1 fully saturated rings. The summed E-state index contributed by atoms with van der Waals surface area (Å²) < 4.78 is 24.7. The second-order valence-corrected chi connectivity index (χ2v) is 7.78. The Hall–Kier alpha value is -1.63. The Morgan fingerprint density at radius 2 is 2.10 bits per heavy atom. The van der Waals surface area contributed by atoms with Crippen molar-refractivity contribution in [3.05, 3.63) is 23.0 Å². The molecule has 1 aliphatic rings. The molecule has 0 saturated carbocycles. The van der Waals surface area contributed by atoms with Crippen molar-refractivity contribution in [2.24, 2.45) is 7.05 Å². The Morgan fingerprint density at radius 3 is 2.57 bits per heavy atom. The molecule has 1 saturated heterocycles. The smallest absolute Gasteiger partial charge is 0.246 e. The summed E-state index contributed by atoms with van der Waals surface area (Å²) in [4.78, 5) is 13.7. The molecular weight excluding hydrogens is 290 g/mol. The van der Waals surface area contributed by atoms with Crippen molar-refractivity contribution >= 4 is 21.8 Å². The van der Waals surface area contributed by atoms with E-state index in [0.29, 0.717) is 6.42 Å². The maximum Gasteiger partial charge on any atom is 0.246 e. The number of likely N-dealkylation sites (N-methyl/N-ethyl adjacent to an activating group) is 1. The van der Waals surface area contributed by atoms with Gasteiger partial charge in [0.05, 0.1) is 17.2 Å². The van der Waals surface area contributed by atoms with Gasteiger partial charge in [-0.3, -0.25) is 9.48 Å². The molecule has 1 amide bonds. The number of nitrogens with zero attached hydrogens (tertiary/aromatic N) is 3. The normalized spacial score (nSPS) is 21.0. The summed E-state index contributed by atoms with van der Waals surface area (Å²) in [5.74, 6) is 0.0492. The van der Waals surface area contributed by atoms with E-state index in [1.165, 1.54) is 11.0 Å². The van der Waals surface area contributed by atoms with Crippen molar-refractivity contribution < 1.29 is 13.2 Å². The number of hydrogen-bond acceptors (Lipinski definition) is 4.